The number of fused-ring (bicyclic) bond motifs is 1. The Morgan fingerprint density at radius 1 is 1.39 bits per heavy atom. The Balaban J connectivity index is 2.09. The molecule has 0 radical (unpaired) electrons. The highest BCUT2D eigenvalue weighted by molar-refractivity contribution is 5.82. The molecule has 1 saturated heterocycles. The first-order valence-electron chi connectivity index (χ1n) is 6.54. The zero-order chi connectivity index (χ0) is 12.5. The summed E-state index contributed by atoms with van der Waals surface area (Å²) in [6.45, 7) is 1.09. The van der Waals surface area contributed by atoms with Crippen molar-refractivity contribution in [1.82, 2.24) is 14.9 Å². The maximum Gasteiger partial charge on any atom is 0.146 e. The molecule has 1 atom stereocenters. The summed E-state index contributed by atoms with van der Waals surface area (Å²) in [6.07, 6.45) is 3.71. The second-order valence-electron chi connectivity index (χ2n) is 4.86. The van der Waals surface area contributed by atoms with Crippen LogP contribution in [0, 0.1) is 0 Å². The van der Waals surface area contributed by atoms with E-state index in [9.17, 15) is 0 Å². The minimum atomic E-state index is 0.376. The van der Waals surface area contributed by atoms with Crippen LogP contribution in [-0.2, 0) is 7.05 Å². The lowest BCUT2D eigenvalue weighted by molar-refractivity contribution is 0.391. The van der Waals surface area contributed by atoms with Gasteiger partial charge in [-0.3, -0.25) is 0 Å². The van der Waals surface area contributed by atoms with E-state index in [1.165, 1.54) is 19.3 Å². The van der Waals surface area contributed by atoms with Crippen LogP contribution in [0.3, 0.4) is 0 Å². The van der Waals surface area contributed by atoms with Crippen molar-refractivity contribution in [1.29, 1.82) is 0 Å². The van der Waals surface area contributed by atoms with E-state index in [2.05, 4.69) is 23.0 Å². The van der Waals surface area contributed by atoms with Gasteiger partial charge in [-0.2, -0.15) is 0 Å². The number of hydrogen-bond donors (Lipinski definition) is 1. The summed E-state index contributed by atoms with van der Waals surface area (Å²) in [4.78, 5) is 4.78. The topological polar surface area (TPSA) is 39.1 Å². The van der Waals surface area contributed by atoms with Crippen molar-refractivity contribution in [3.05, 3.63) is 24.0 Å². The molecular weight excluding hydrogens is 226 g/mol. The molecule has 2 aromatic rings. The molecule has 1 aliphatic heterocycles. The lowest BCUT2D eigenvalue weighted by atomic mass is 10.0. The molecule has 1 N–H and O–H groups in total. The number of methoxy groups -OCH3 is 1. The van der Waals surface area contributed by atoms with Crippen LogP contribution in [0.4, 0.5) is 0 Å². The zero-order valence-corrected chi connectivity index (χ0v) is 10.9. The van der Waals surface area contributed by atoms with Crippen LogP contribution in [0.15, 0.2) is 18.2 Å². The van der Waals surface area contributed by atoms with Crippen LogP contribution in [0.5, 0.6) is 5.75 Å². The van der Waals surface area contributed by atoms with Crippen LogP contribution in [0.2, 0.25) is 0 Å². The van der Waals surface area contributed by atoms with Crippen molar-refractivity contribution in [3.8, 4) is 5.75 Å². The fraction of sp³-hybridized carbons (Fsp3) is 0.500. The number of para-hydroxylation sites is 1. The Hall–Kier alpha value is -1.55. The second-order valence-corrected chi connectivity index (χ2v) is 4.86. The van der Waals surface area contributed by atoms with Crippen molar-refractivity contribution >= 4 is 11.0 Å². The average molecular weight is 245 g/mol. The molecule has 1 unspecified atom stereocenters. The fourth-order valence-corrected chi connectivity index (χ4v) is 2.76. The number of nitrogens with one attached hydrogen (secondary N) is 1. The molecule has 0 bridgehead atoms. The first kappa shape index (κ1) is 11.5. The highest BCUT2D eigenvalue weighted by Gasteiger charge is 2.21. The van der Waals surface area contributed by atoms with Crippen LogP contribution in [0.1, 0.15) is 31.1 Å². The van der Waals surface area contributed by atoms with E-state index < -0.39 is 0 Å². The molecule has 4 heteroatoms. The molecule has 0 spiro atoms. The lowest BCUT2D eigenvalue weighted by Crippen LogP contribution is -2.28. The van der Waals surface area contributed by atoms with Crippen molar-refractivity contribution in [3.63, 3.8) is 0 Å². The smallest absolute Gasteiger partial charge is 0.146 e. The predicted octanol–water partition coefficient (Wildman–Crippen LogP) is 2.40. The molecule has 96 valence electrons. The average Bonchev–Trinajstić information content (AvgIpc) is 2.77. The first-order valence-corrected chi connectivity index (χ1v) is 6.54. The third-order valence-electron chi connectivity index (χ3n) is 3.75. The van der Waals surface area contributed by atoms with Crippen LogP contribution >= 0.6 is 0 Å². The summed E-state index contributed by atoms with van der Waals surface area (Å²) in [5.74, 6) is 1.97. The molecule has 1 fully saturated rings. The lowest BCUT2D eigenvalue weighted by Gasteiger charge is -2.22. The van der Waals surface area contributed by atoms with Crippen molar-refractivity contribution in [2.24, 2.45) is 7.05 Å². The molecule has 1 aliphatic rings. The standard InChI is InChI=1S/C14H19N3O/c1-17-11-7-5-8-12(18-2)13(11)16-14(17)10-6-3-4-9-15-10/h5,7-8,10,15H,3-4,6,9H2,1-2H3. The minimum absolute atomic E-state index is 0.376. The molecule has 3 rings (SSSR count). The van der Waals surface area contributed by atoms with E-state index in [0.29, 0.717) is 6.04 Å². The molecule has 18 heavy (non-hydrogen) atoms. The van der Waals surface area contributed by atoms with Crippen molar-refractivity contribution < 1.29 is 4.74 Å². The van der Waals surface area contributed by atoms with Gasteiger partial charge in [-0.25, -0.2) is 4.98 Å². The Labute approximate surface area is 107 Å². The maximum atomic E-state index is 5.39. The van der Waals surface area contributed by atoms with Gasteiger partial charge in [0, 0.05) is 7.05 Å². The SMILES string of the molecule is COc1cccc2c1nc(C1CCCCN1)n2C. The number of nitrogens with zero attached hydrogens (tertiary/aromatic N) is 2. The van der Waals surface area contributed by atoms with Crippen LogP contribution < -0.4 is 10.1 Å². The number of benzene rings is 1. The van der Waals surface area contributed by atoms with Crippen molar-refractivity contribution in [2.45, 2.75) is 25.3 Å². The molecule has 0 amide bonds. The van der Waals surface area contributed by atoms with Crippen molar-refractivity contribution in [2.75, 3.05) is 13.7 Å². The van der Waals surface area contributed by atoms with Gasteiger partial charge in [0.05, 0.1) is 18.7 Å². The number of piperidine rings is 1. The molecule has 2 heterocycles. The zero-order valence-electron chi connectivity index (χ0n) is 10.9. The summed E-state index contributed by atoms with van der Waals surface area (Å²) < 4.78 is 7.57. The number of aryl methyl sites for hydroxylation is 1. The van der Waals surface area contributed by atoms with Gasteiger partial charge < -0.3 is 14.6 Å². The Morgan fingerprint density at radius 3 is 3.00 bits per heavy atom. The summed E-state index contributed by atoms with van der Waals surface area (Å²) >= 11 is 0. The number of hydrogen-bond acceptors (Lipinski definition) is 3. The summed E-state index contributed by atoms with van der Waals surface area (Å²) in [7, 11) is 3.78. The fourth-order valence-electron chi connectivity index (χ4n) is 2.76. The maximum absolute atomic E-state index is 5.39. The Bertz CT molecular complexity index is 555. The third-order valence-corrected chi connectivity index (χ3v) is 3.75. The van der Waals surface area contributed by atoms with Gasteiger partial charge in [-0.05, 0) is 31.5 Å². The van der Waals surface area contributed by atoms with E-state index in [1.807, 2.05) is 12.1 Å². The monoisotopic (exact) mass is 245 g/mol. The molecule has 1 aromatic carbocycles. The van der Waals surface area contributed by atoms with E-state index in [-0.39, 0.29) is 0 Å². The van der Waals surface area contributed by atoms with Gasteiger partial charge in [0.1, 0.15) is 17.1 Å². The van der Waals surface area contributed by atoms with E-state index in [4.69, 9.17) is 9.72 Å². The van der Waals surface area contributed by atoms with E-state index >= 15 is 0 Å². The highest BCUT2D eigenvalue weighted by atomic mass is 16.5. The Morgan fingerprint density at radius 2 is 2.28 bits per heavy atom. The van der Waals surface area contributed by atoms with Gasteiger partial charge in [-0.1, -0.05) is 12.5 Å². The number of aromatic nitrogens is 2. The Kier molecular flexibility index (Phi) is 2.96. The van der Waals surface area contributed by atoms with Gasteiger partial charge in [0.15, 0.2) is 0 Å². The summed E-state index contributed by atoms with van der Waals surface area (Å²) in [6, 6.07) is 6.45. The van der Waals surface area contributed by atoms with E-state index in [1.54, 1.807) is 7.11 Å². The summed E-state index contributed by atoms with van der Waals surface area (Å²) in [5, 5.41) is 3.55. The first-order chi connectivity index (χ1) is 8.81. The summed E-state index contributed by atoms with van der Waals surface area (Å²) in [5.41, 5.74) is 2.10. The number of ether oxygens (including phenoxy) is 1. The number of imidazole rings is 1. The van der Waals surface area contributed by atoms with Gasteiger partial charge in [-0.15, -0.1) is 0 Å². The van der Waals surface area contributed by atoms with E-state index in [0.717, 1.165) is 29.2 Å². The molecule has 0 saturated carbocycles. The highest BCUT2D eigenvalue weighted by Crippen LogP contribution is 2.29. The molecule has 4 nitrogen and oxygen atoms in total. The third kappa shape index (κ3) is 1.77. The van der Waals surface area contributed by atoms with Crippen LogP contribution in [0.25, 0.3) is 11.0 Å². The van der Waals surface area contributed by atoms with Crippen LogP contribution in [-0.4, -0.2) is 23.2 Å². The predicted molar refractivity (Wildman–Crippen MR) is 71.9 cm³/mol. The van der Waals surface area contributed by atoms with Gasteiger partial charge in [0.25, 0.3) is 0 Å². The van der Waals surface area contributed by atoms with Gasteiger partial charge >= 0.3 is 0 Å². The molecule has 0 aliphatic carbocycles. The normalized spacial score (nSPS) is 20.2. The van der Waals surface area contributed by atoms with Gasteiger partial charge in [0.2, 0.25) is 0 Å². The second kappa shape index (κ2) is 4.61. The minimum Gasteiger partial charge on any atom is -0.494 e. The quantitative estimate of drug-likeness (QED) is 0.883. The molecular formula is C14H19N3O. The number of rotatable bonds is 2. The molecule has 1 aromatic heterocycles. The largest absolute Gasteiger partial charge is 0.494 e.